The van der Waals surface area contributed by atoms with E-state index in [-0.39, 0.29) is 5.78 Å². The first-order chi connectivity index (χ1) is 7.06. The summed E-state index contributed by atoms with van der Waals surface area (Å²) in [7, 11) is 0. The van der Waals surface area contributed by atoms with Gasteiger partial charge in [0.15, 0.2) is 5.78 Å². The molecular formula is C13H17ClO. The molecule has 1 rings (SSSR count). The van der Waals surface area contributed by atoms with Crippen molar-refractivity contribution < 1.29 is 4.79 Å². The summed E-state index contributed by atoms with van der Waals surface area (Å²) in [5.74, 6) is 0.587. The van der Waals surface area contributed by atoms with E-state index in [4.69, 9.17) is 11.6 Å². The number of halogens is 1. The quantitative estimate of drug-likeness (QED) is 0.705. The van der Waals surface area contributed by atoms with Crippen LogP contribution >= 0.6 is 11.6 Å². The number of Topliss-reactive ketones (excluding diaryl/α,β-unsaturated/α-hetero) is 1. The van der Waals surface area contributed by atoms with Crippen molar-refractivity contribution in [2.24, 2.45) is 0 Å². The van der Waals surface area contributed by atoms with Gasteiger partial charge in [-0.3, -0.25) is 4.79 Å². The molecule has 0 spiro atoms. The molecular weight excluding hydrogens is 208 g/mol. The normalized spacial score (nSPS) is 12.9. The van der Waals surface area contributed by atoms with E-state index in [1.807, 2.05) is 31.2 Å². The molecule has 0 radical (unpaired) electrons. The van der Waals surface area contributed by atoms with Crippen LogP contribution < -0.4 is 0 Å². The lowest BCUT2D eigenvalue weighted by atomic mass is 9.99. The molecule has 0 heterocycles. The smallest absolute Gasteiger partial charge is 0.154 e. The number of hydrogen-bond donors (Lipinski definition) is 0. The maximum absolute atomic E-state index is 11.4. The van der Waals surface area contributed by atoms with Crippen molar-refractivity contribution in [3.63, 3.8) is 0 Å². The van der Waals surface area contributed by atoms with Gasteiger partial charge in [0, 0.05) is 6.42 Å². The van der Waals surface area contributed by atoms with Crippen LogP contribution in [0.2, 0.25) is 0 Å². The molecule has 1 nitrogen and oxygen atoms in total. The van der Waals surface area contributed by atoms with Crippen molar-refractivity contribution in [2.75, 3.05) is 0 Å². The maximum Gasteiger partial charge on any atom is 0.154 e. The Bertz CT molecular complexity index is 327. The van der Waals surface area contributed by atoms with E-state index in [1.54, 1.807) is 0 Å². The fraction of sp³-hybridized carbons (Fsp3) is 0.462. The number of ketones is 1. The van der Waals surface area contributed by atoms with E-state index < -0.39 is 5.38 Å². The Labute approximate surface area is 96.5 Å². The van der Waals surface area contributed by atoms with Crippen LogP contribution in [0, 0.1) is 0 Å². The summed E-state index contributed by atoms with van der Waals surface area (Å²) in [5.41, 5.74) is 2.17. The Kier molecular flexibility index (Phi) is 4.34. The molecule has 0 aliphatic rings. The number of alkyl halides is 1. The topological polar surface area (TPSA) is 17.1 Å². The third-order valence-corrected chi connectivity index (χ3v) is 3.02. The van der Waals surface area contributed by atoms with Crippen molar-refractivity contribution in [1.29, 1.82) is 0 Å². The third-order valence-electron chi connectivity index (χ3n) is 2.53. The van der Waals surface area contributed by atoms with Crippen molar-refractivity contribution in [3.05, 3.63) is 35.4 Å². The van der Waals surface area contributed by atoms with Gasteiger partial charge in [0.1, 0.15) is 5.38 Å². The molecule has 0 saturated carbocycles. The Morgan fingerprint density at radius 1 is 1.20 bits per heavy atom. The van der Waals surface area contributed by atoms with Gasteiger partial charge >= 0.3 is 0 Å². The second-order valence-corrected chi connectivity index (χ2v) is 4.44. The lowest BCUT2D eigenvalue weighted by Crippen LogP contribution is -2.05. The Morgan fingerprint density at radius 3 is 2.07 bits per heavy atom. The zero-order valence-corrected chi connectivity index (χ0v) is 10.2. The molecule has 82 valence electrons. The number of benzene rings is 1. The Balaban J connectivity index is 2.84. The van der Waals surface area contributed by atoms with E-state index in [0.717, 1.165) is 5.56 Å². The Hall–Kier alpha value is -0.820. The van der Waals surface area contributed by atoms with Crippen molar-refractivity contribution >= 4 is 17.4 Å². The summed E-state index contributed by atoms with van der Waals surface area (Å²) in [6, 6.07) is 7.97. The van der Waals surface area contributed by atoms with Crippen LogP contribution in [0.1, 0.15) is 49.6 Å². The summed E-state index contributed by atoms with van der Waals surface area (Å²) in [6.45, 7) is 6.12. The fourth-order valence-electron chi connectivity index (χ4n) is 1.41. The van der Waals surface area contributed by atoms with Gasteiger partial charge in [-0.1, -0.05) is 45.0 Å². The molecule has 0 fully saturated rings. The summed E-state index contributed by atoms with van der Waals surface area (Å²) in [4.78, 5) is 11.4. The first-order valence-electron chi connectivity index (χ1n) is 5.33. The average Bonchev–Trinajstić information content (AvgIpc) is 2.27. The molecule has 1 atom stereocenters. The van der Waals surface area contributed by atoms with E-state index in [1.165, 1.54) is 5.56 Å². The SMILES string of the molecule is CCC(=O)C(Cl)c1ccc(C(C)C)cc1. The standard InChI is InChI=1S/C13H17ClO/c1-4-12(15)13(14)11-7-5-10(6-8-11)9(2)3/h5-9,13H,4H2,1-3H3. The molecule has 15 heavy (non-hydrogen) atoms. The number of rotatable bonds is 4. The van der Waals surface area contributed by atoms with E-state index >= 15 is 0 Å². The van der Waals surface area contributed by atoms with Crippen LogP contribution in [0.3, 0.4) is 0 Å². The van der Waals surface area contributed by atoms with Crippen LogP contribution in [0.5, 0.6) is 0 Å². The summed E-state index contributed by atoms with van der Waals surface area (Å²) < 4.78 is 0. The third kappa shape index (κ3) is 3.07. The predicted molar refractivity (Wildman–Crippen MR) is 64.4 cm³/mol. The summed E-state index contributed by atoms with van der Waals surface area (Å²) >= 11 is 6.04. The van der Waals surface area contributed by atoms with Gasteiger partial charge in [0.05, 0.1) is 0 Å². The second kappa shape index (κ2) is 5.32. The largest absolute Gasteiger partial charge is 0.298 e. The van der Waals surface area contributed by atoms with Gasteiger partial charge in [-0.05, 0) is 17.0 Å². The second-order valence-electron chi connectivity index (χ2n) is 4.00. The molecule has 1 unspecified atom stereocenters. The first kappa shape index (κ1) is 12.3. The number of carbonyl (C=O) groups is 1. The zero-order chi connectivity index (χ0) is 11.4. The first-order valence-corrected chi connectivity index (χ1v) is 5.76. The van der Waals surface area contributed by atoms with Crippen LogP contribution in [0.25, 0.3) is 0 Å². The molecule has 1 aromatic rings. The molecule has 0 N–H and O–H groups in total. The Morgan fingerprint density at radius 2 is 1.67 bits per heavy atom. The number of carbonyl (C=O) groups excluding carboxylic acids is 1. The van der Waals surface area contributed by atoms with Gasteiger partial charge in [-0.25, -0.2) is 0 Å². The van der Waals surface area contributed by atoms with Crippen LogP contribution in [0.15, 0.2) is 24.3 Å². The van der Waals surface area contributed by atoms with Crippen LogP contribution in [-0.4, -0.2) is 5.78 Å². The highest BCUT2D eigenvalue weighted by Gasteiger charge is 2.15. The van der Waals surface area contributed by atoms with Crippen molar-refractivity contribution in [3.8, 4) is 0 Å². The highest BCUT2D eigenvalue weighted by atomic mass is 35.5. The minimum Gasteiger partial charge on any atom is -0.298 e. The fourth-order valence-corrected chi connectivity index (χ4v) is 1.71. The minimum atomic E-state index is -0.490. The maximum atomic E-state index is 11.4. The van der Waals surface area contributed by atoms with Gasteiger partial charge in [-0.15, -0.1) is 11.6 Å². The molecule has 2 heteroatoms. The van der Waals surface area contributed by atoms with Crippen molar-refractivity contribution in [1.82, 2.24) is 0 Å². The summed E-state index contributed by atoms with van der Waals surface area (Å²) in [5, 5.41) is -0.490. The zero-order valence-electron chi connectivity index (χ0n) is 9.46. The molecule has 0 aromatic heterocycles. The van der Waals surface area contributed by atoms with Crippen LogP contribution in [0.4, 0.5) is 0 Å². The van der Waals surface area contributed by atoms with Gasteiger partial charge < -0.3 is 0 Å². The van der Waals surface area contributed by atoms with Gasteiger partial charge in [0.25, 0.3) is 0 Å². The van der Waals surface area contributed by atoms with E-state index in [9.17, 15) is 4.79 Å². The lowest BCUT2D eigenvalue weighted by molar-refractivity contribution is -0.118. The molecule has 0 saturated heterocycles. The molecule has 0 amide bonds. The highest BCUT2D eigenvalue weighted by molar-refractivity contribution is 6.31. The van der Waals surface area contributed by atoms with Crippen LogP contribution in [-0.2, 0) is 4.79 Å². The molecule has 0 aliphatic heterocycles. The minimum absolute atomic E-state index is 0.0777. The van der Waals surface area contributed by atoms with Crippen molar-refractivity contribution in [2.45, 2.75) is 38.5 Å². The molecule has 1 aromatic carbocycles. The molecule has 0 bridgehead atoms. The lowest BCUT2D eigenvalue weighted by Gasteiger charge is -2.10. The monoisotopic (exact) mass is 224 g/mol. The van der Waals surface area contributed by atoms with Gasteiger partial charge in [-0.2, -0.15) is 0 Å². The van der Waals surface area contributed by atoms with Gasteiger partial charge in [0.2, 0.25) is 0 Å². The predicted octanol–water partition coefficient (Wildman–Crippen LogP) is 4.07. The molecule has 0 aliphatic carbocycles. The number of hydrogen-bond acceptors (Lipinski definition) is 1. The van der Waals surface area contributed by atoms with E-state index in [2.05, 4.69) is 13.8 Å². The highest BCUT2D eigenvalue weighted by Crippen LogP contribution is 2.24. The van der Waals surface area contributed by atoms with E-state index in [0.29, 0.717) is 12.3 Å². The average molecular weight is 225 g/mol. The summed E-state index contributed by atoms with van der Waals surface area (Å²) in [6.07, 6.45) is 0.486.